The zero-order chi connectivity index (χ0) is 16.1. The molecular formula is C14H16N2O6. The second-order valence-corrected chi connectivity index (χ2v) is 4.82. The van der Waals surface area contributed by atoms with Crippen LogP contribution >= 0.6 is 0 Å². The minimum absolute atomic E-state index is 0.0170. The van der Waals surface area contributed by atoms with E-state index in [1.54, 1.807) is 24.3 Å². The van der Waals surface area contributed by atoms with Crippen LogP contribution in [-0.2, 0) is 16.1 Å². The Bertz CT molecular complexity index is 562. The summed E-state index contributed by atoms with van der Waals surface area (Å²) in [6.07, 6.45) is -1.97. The van der Waals surface area contributed by atoms with Gasteiger partial charge in [0.25, 0.3) is 0 Å². The zero-order valence-corrected chi connectivity index (χ0v) is 11.7. The molecule has 0 spiro atoms. The maximum atomic E-state index is 12.0. The first-order valence-corrected chi connectivity index (χ1v) is 6.67. The van der Waals surface area contributed by atoms with Crippen LogP contribution in [0.15, 0.2) is 30.3 Å². The molecule has 0 unspecified atom stereocenters. The van der Waals surface area contributed by atoms with Crippen LogP contribution in [0, 0.1) is 0 Å². The second kappa shape index (κ2) is 6.79. The molecule has 2 N–H and O–H groups in total. The van der Waals surface area contributed by atoms with Crippen molar-refractivity contribution in [2.45, 2.75) is 12.6 Å². The van der Waals surface area contributed by atoms with Crippen molar-refractivity contribution in [1.29, 1.82) is 0 Å². The molecule has 1 atom stereocenters. The molecular weight excluding hydrogens is 292 g/mol. The molecule has 0 bridgehead atoms. The highest BCUT2D eigenvalue weighted by Gasteiger charge is 2.37. The van der Waals surface area contributed by atoms with E-state index in [1.807, 2.05) is 6.07 Å². The third-order valence-corrected chi connectivity index (χ3v) is 3.38. The van der Waals surface area contributed by atoms with Crippen LogP contribution in [0.4, 0.5) is 9.59 Å². The van der Waals surface area contributed by atoms with Gasteiger partial charge in [-0.25, -0.2) is 14.4 Å². The molecule has 8 nitrogen and oxygen atoms in total. The third-order valence-electron chi connectivity index (χ3n) is 3.38. The normalized spacial score (nSPS) is 17.9. The summed E-state index contributed by atoms with van der Waals surface area (Å²) in [5.74, 6) is -1.26. The average Bonchev–Trinajstić information content (AvgIpc) is 2.52. The summed E-state index contributed by atoms with van der Waals surface area (Å²) in [6.45, 7) is -0.202. The van der Waals surface area contributed by atoms with Gasteiger partial charge in [0.15, 0.2) is 6.04 Å². The van der Waals surface area contributed by atoms with E-state index in [1.165, 1.54) is 0 Å². The summed E-state index contributed by atoms with van der Waals surface area (Å²) in [5.41, 5.74) is 0.784. The van der Waals surface area contributed by atoms with Gasteiger partial charge in [0.1, 0.15) is 6.61 Å². The number of aliphatic carboxylic acids is 1. The van der Waals surface area contributed by atoms with Gasteiger partial charge in [-0.3, -0.25) is 4.90 Å². The van der Waals surface area contributed by atoms with Crippen molar-refractivity contribution in [2.75, 3.05) is 19.6 Å². The number of carbonyl (C=O) groups is 3. The summed E-state index contributed by atoms with van der Waals surface area (Å²) >= 11 is 0. The highest BCUT2D eigenvalue weighted by Crippen LogP contribution is 2.13. The average molecular weight is 308 g/mol. The van der Waals surface area contributed by atoms with Gasteiger partial charge in [-0.15, -0.1) is 0 Å². The minimum atomic E-state index is -1.26. The lowest BCUT2D eigenvalue weighted by atomic mass is 10.2. The number of benzene rings is 1. The molecule has 1 aliphatic rings. The molecule has 1 saturated heterocycles. The predicted octanol–water partition coefficient (Wildman–Crippen LogP) is 1.07. The number of ether oxygens (including phenoxy) is 1. The van der Waals surface area contributed by atoms with Gasteiger partial charge in [-0.2, -0.15) is 0 Å². The largest absolute Gasteiger partial charge is 0.480 e. The molecule has 0 aromatic heterocycles. The summed E-state index contributed by atoms with van der Waals surface area (Å²) in [6, 6.07) is 7.75. The maximum Gasteiger partial charge on any atom is 0.410 e. The molecule has 0 aliphatic carbocycles. The lowest BCUT2D eigenvalue weighted by molar-refractivity contribution is -0.144. The summed E-state index contributed by atoms with van der Waals surface area (Å²) in [7, 11) is 0. The van der Waals surface area contributed by atoms with Gasteiger partial charge < -0.3 is 19.8 Å². The number of rotatable bonds is 3. The Morgan fingerprint density at radius 2 is 1.82 bits per heavy atom. The smallest absolute Gasteiger partial charge is 0.410 e. The number of piperazine rings is 1. The standard InChI is InChI=1S/C14H16N2O6/c17-12(18)11-8-15(13(19)20)6-7-16(11)14(21)22-9-10-4-2-1-3-5-10/h1-5,11H,6-9H2,(H,17,18)(H,19,20)/t11-/m1/s1. The molecule has 8 heteroatoms. The number of carboxylic acids is 1. The molecule has 0 radical (unpaired) electrons. The Kier molecular flexibility index (Phi) is 4.82. The predicted molar refractivity (Wildman–Crippen MR) is 74.4 cm³/mol. The summed E-state index contributed by atoms with van der Waals surface area (Å²) < 4.78 is 5.10. The fourth-order valence-corrected chi connectivity index (χ4v) is 2.19. The van der Waals surface area contributed by atoms with Crippen LogP contribution in [0.5, 0.6) is 0 Å². The molecule has 118 valence electrons. The number of carboxylic acid groups (broad SMARTS) is 2. The maximum absolute atomic E-state index is 12.0. The molecule has 0 saturated carbocycles. The molecule has 2 rings (SSSR count). The first kappa shape index (κ1) is 15.6. The van der Waals surface area contributed by atoms with E-state index in [0.717, 1.165) is 15.4 Å². The zero-order valence-electron chi connectivity index (χ0n) is 11.7. The summed E-state index contributed by atoms with van der Waals surface area (Å²) in [4.78, 5) is 36.2. The second-order valence-electron chi connectivity index (χ2n) is 4.82. The van der Waals surface area contributed by atoms with E-state index in [0.29, 0.717) is 0 Å². The number of carbonyl (C=O) groups excluding carboxylic acids is 1. The Hall–Kier alpha value is -2.77. The van der Waals surface area contributed by atoms with Crippen molar-refractivity contribution in [3.8, 4) is 0 Å². The third kappa shape index (κ3) is 3.66. The van der Waals surface area contributed by atoms with E-state index in [-0.39, 0.29) is 26.2 Å². The van der Waals surface area contributed by atoms with Gasteiger partial charge in [0.2, 0.25) is 0 Å². The number of hydrogen-bond donors (Lipinski definition) is 2. The van der Waals surface area contributed by atoms with E-state index in [4.69, 9.17) is 9.84 Å². The van der Waals surface area contributed by atoms with Crippen molar-refractivity contribution < 1.29 is 29.3 Å². The van der Waals surface area contributed by atoms with Crippen LogP contribution < -0.4 is 0 Å². The number of amides is 2. The summed E-state index contributed by atoms with van der Waals surface area (Å²) in [5, 5.41) is 18.1. The number of nitrogens with zero attached hydrogens (tertiary/aromatic N) is 2. The fraction of sp³-hybridized carbons (Fsp3) is 0.357. The highest BCUT2D eigenvalue weighted by molar-refractivity contribution is 5.81. The van der Waals surface area contributed by atoms with Gasteiger partial charge in [0.05, 0.1) is 6.54 Å². The molecule has 2 amide bonds. The quantitative estimate of drug-likeness (QED) is 0.865. The molecule has 22 heavy (non-hydrogen) atoms. The minimum Gasteiger partial charge on any atom is -0.480 e. The van der Waals surface area contributed by atoms with Gasteiger partial charge in [0, 0.05) is 13.1 Å². The Labute approximate surface area is 126 Å². The van der Waals surface area contributed by atoms with Crippen molar-refractivity contribution in [2.24, 2.45) is 0 Å². The van der Waals surface area contributed by atoms with Crippen molar-refractivity contribution in [3.63, 3.8) is 0 Å². The van der Waals surface area contributed by atoms with Crippen LogP contribution in [0.3, 0.4) is 0 Å². The van der Waals surface area contributed by atoms with Gasteiger partial charge >= 0.3 is 18.2 Å². The Morgan fingerprint density at radius 1 is 1.14 bits per heavy atom. The van der Waals surface area contributed by atoms with Crippen LogP contribution in [0.1, 0.15) is 5.56 Å². The Balaban J connectivity index is 1.98. The van der Waals surface area contributed by atoms with Gasteiger partial charge in [-0.05, 0) is 5.56 Å². The molecule has 1 aliphatic heterocycles. The highest BCUT2D eigenvalue weighted by atomic mass is 16.6. The topological polar surface area (TPSA) is 107 Å². The van der Waals surface area contributed by atoms with Crippen LogP contribution in [0.25, 0.3) is 0 Å². The monoisotopic (exact) mass is 308 g/mol. The molecule has 1 fully saturated rings. The van der Waals surface area contributed by atoms with Crippen molar-refractivity contribution in [3.05, 3.63) is 35.9 Å². The van der Waals surface area contributed by atoms with E-state index in [9.17, 15) is 19.5 Å². The van der Waals surface area contributed by atoms with Crippen molar-refractivity contribution in [1.82, 2.24) is 9.80 Å². The lowest BCUT2D eigenvalue weighted by Crippen LogP contribution is -2.59. The van der Waals surface area contributed by atoms with Gasteiger partial charge in [-0.1, -0.05) is 30.3 Å². The van der Waals surface area contributed by atoms with Crippen LogP contribution in [-0.4, -0.2) is 63.8 Å². The van der Waals surface area contributed by atoms with Crippen LogP contribution in [0.2, 0.25) is 0 Å². The first-order valence-electron chi connectivity index (χ1n) is 6.67. The lowest BCUT2D eigenvalue weighted by Gasteiger charge is -2.37. The fourth-order valence-electron chi connectivity index (χ4n) is 2.19. The van der Waals surface area contributed by atoms with E-state index < -0.39 is 24.2 Å². The molecule has 1 aromatic carbocycles. The molecule has 1 heterocycles. The SMILES string of the molecule is O=C(O)[C@H]1CN(C(=O)O)CCN1C(=O)OCc1ccccc1. The first-order chi connectivity index (χ1) is 10.5. The molecule has 1 aromatic rings. The number of hydrogen-bond acceptors (Lipinski definition) is 4. The Morgan fingerprint density at radius 3 is 2.41 bits per heavy atom. The van der Waals surface area contributed by atoms with Crippen molar-refractivity contribution >= 4 is 18.2 Å². The van der Waals surface area contributed by atoms with E-state index in [2.05, 4.69) is 0 Å². The van der Waals surface area contributed by atoms with E-state index >= 15 is 0 Å².